The van der Waals surface area contributed by atoms with Crippen LogP contribution in [0, 0.1) is 0 Å². The van der Waals surface area contributed by atoms with Crippen LogP contribution in [0.1, 0.15) is 26.3 Å². The Labute approximate surface area is 108 Å². The van der Waals surface area contributed by atoms with Crippen LogP contribution in [0.25, 0.3) is 0 Å². The Hall–Kier alpha value is -0.380. The largest absolute Gasteiger partial charge is 0.234 e. The molecule has 0 unspecified atom stereocenters. The molecule has 1 atom stereocenters. The van der Waals surface area contributed by atoms with Crippen LogP contribution in [0.4, 0.5) is 0 Å². The Bertz CT molecular complexity index is 418. The summed E-state index contributed by atoms with van der Waals surface area (Å²) >= 11 is 11.7. The topological polar surface area (TPSA) is 29.4 Å². The summed E-state index contributed by atoms with van der Waals surface area (Å²) in [7, 11) is -1.27. The Morgan fingerprint density at radius 2 is 1.69 bits per heavy atom. The zero-order chi connectivity index (χ0) is 12.3. The Kier molecular flexibility index (Phi) is 4.53. The Morgan fingerprint density at radius 3 is 2.12 bits per heavy atom. The second-order valence-electron chi connectivity index (χ2n) is 4.30. The van der Waals surface area contributed by atoms with Gasteiger partial charge in [-0.05, 0) is 44.5 Å². The van der Waals surface area contributed by atoms with E-state index in [1.165, 1.54) is 6.21 Å². The van der Waals surface area contributed by atoms with Gasteiger partial charge < -0.3 is 0 Å². The third kappa shape index (κ3) is 4.24. The van der Waals surface area contributed by atoms with Crippen LogP contribution < -0.4 is 0 Å². The maximum absolute atomic E-state index is 11.7. The molecule has 5 heteroatoms. The van der Waals surface area contributed by atoms with E-state index in [4.69, 9.17) is 23.2 Å². The van der Waals surface area contributed by atoms with Crippen LogP contribution in [0.5, 0.6) is 0 Å². The van der Waals surface area contributed by atoms with Crippen molar-refractivity contribution in [2.75, 3.05) is 0 Å². The van der Waals surface area contributed by atoms with Gasteiger partial charge in [-0.2, -0.15) is 4.40 Å². The molecule has 0 radical (unpaired) electrons. The van der Waals surface area contributed by atoms with E-state index in [1.54, 1.807) is 18.2 Å². The van der Waals surface area contributed by atoms with Crippen LogP contribution in [-0.4, -0.2) is 15.2 Å². The molecule has 0 saturated carbocycles. The van der Waals surface area contributed by atoms with Gasteiger partial charge in [0.15, 0.2) is 0 Å². The Balaban J connectivity index is 2.89. The van der Waals surface area contributed by atoms with Gasteiger partial charge in [-0.25, -0.2) is 4.21 Å². The van der Waals surface area contributed by atoms with Crippen molar-refractivity contribution in [1.29, 1.82) is 0 Å². The molecule has 0 aliphatic carbocycles. The molecule has 0 aromatic heterocycles. The minimum absolute atomic E-state index is 0.362. The normalized spacial score (nSPS) is 14.3. The average Bonchev–Trinajstić information content (AvgIpc) is 2.11. The molecule has 0 aliphatic rings. The molecular weight excluding hydrogens is 265 g/mol. The van der Waals surface area contributed by atoms with Gasteiger partial charge in [0.2, 0.25) is 0 Å². The van der Waals surface area contributed by atoms with Gasteiger partial charge in [0.25, 0.3) is 0 Å². The summed E-state index contributed by atoms with van der Waals surface area (Å²) in [4.78, 5) is 0. The molecule has 0 bridgehead atoms. The molecule has 0 N–H and O–H groups in total. The molecule has 0 amide bonds. The second kappa shape index (κ2) is 5.30. The highest BCUT2D eigenvalue weighted by Crippen LogP contribution is 2.18. The van der Waals surface area contributed by atoms with Crippen molar-refractivity contribution in [1.82, 2.24) is 0 Å². The van der Waals surface area contributed by atoms with E-state index in [0.29, 0.717) is 10.0 Å². The highest BCUT2D eigenvalue weighted by Gasteiger charge is 2.18. The molecule has 0 fully saturated rings. The summed E-state index contributed by atoms with van der Waals surface area (Å²) in [6, 6.07) is 5.08. The smallest absolute Gasteiger partial charge is 0.144 e. The molecular formula is C11H13Cl2NOS. The summed E-state index contributed by atoms with van der Waals surface area (Å²) in [6.07, 6.45) is 1.53. The maximum atomic E-state index is 11.7. The van der Waals surface area contributed by atoms with E-state index in [9.17, 15) is 4.21 Å². The SMILES string of the molecule is CC(C)(C)[S@](=O)N=Cc1cc(Cl)cc(Cl)c1. The van der Waals surface area contributed by atoms with Crippen LogP contribution in [0.15, 0.2) is 22.6 Å². The van der Waals surface area contributed by atoms with E-state index in [2.05, 4.69) is 4.40 Å². The second-order valence-corrected chi connectivity index (χ2v) is 7.11. The first-order valence-corrected chi connectivity index (χ1v) is 6.57. The lowest BCUT2D eigenvalue weighted by Crippen LogP contribution is -2.19. The summed E-state index contributed by atoms with van der Waals surface area (Å²) in [5, 5.41) is 1.07. The third-order valence-electron chi connectivity index (χ3n) is 1.71. The van der Waals surface area contributed by atoms with Crippen molar-refractivity contribution in [3.8, 4) is 0 Å². The van der Waals surface area contributed by atoms with Crippen LogP contribution in [-0.2, 0) is 11.0 Å². The van der Waals surface area contributed by atoms with Gasteiger partial charge >= 0.3 is 0 Å². The lowest BCUT2D eigenvalue weighted by molar-refractivity contribution is 0.651. The summed E-state index contributed by atoms with van der Waals surface area (Å²) in [5.41, 5.74) is 0.745. The van der Waals surface area contributed by atoms with Crippen molar-refractivity contribution in [3.63, 3.8) is 0 Å². The summed E-state index contributed by atoms with van der Waals surface area (Å²) in [6.45, 7) is 5.60. The monoisotopic (exact) mass is 277 g/mol. The molecule has 0 heterocycles. The Morgan fingerprint density at radius 1 is 1.19 bits per heavy atom. The predicted molar refractivity (Wildman–Crippen MR) is 72.0 cm³/mol. The molecule has 1 aromatic rings. The zero-order valence-electron chi connectivity index (χ0n) is 9.33. The van der Waals surface area contributed by atoms with Crippen molar-refractivity contribution < 1.29 is 4.21 Å². The number of rotatable bonds is 2. The molecule has 2 nitrogen and oxygen atoms in total. The van der Waals surface area contributed by atoms with Crippen molar-refractivity contribution in [2.24, 2.45) is 4.40 Å². The first kappa shape index (κ1) is 13.7. The standard InChI is InChI=1S/C11H13Cl2NOS/c1-11(2,3)16(15)14-7-8-4-9(12)6-10(13)5-8/h4-7H,1-3H3/t16-/m0/s1. The molecule has 1 rings (SSSR count). The molecule has 0 aliphatic heterocycles. The van der Waals surface area contributed by atoms with Crippen molar-refractivity contribution in [2.45, 2.75) is 25.5 Å². The highest BCUT2D eigenvalue weighted by molar-refractivity contribution is 7.85. The minimum Gasteiger partial charge on any atom is -0.234 e. The van der Waals surface area contributed by atoms with Gasteiger partial charge in [-0.3, -0.25) is 0 Å². The van der Waals surface area contributed by atoms with Crippen LogP contribution in [0.3, 0.4) is 0 Å². The number of halogens is 2. The van der Waals surface area contributed by atoms with Crippen LogP contribution in [0.2, 0.25) is 10.0 Å². The number of nitrogens with zero attached hydrogens (tertiary/aromatic N) is 1. The van der Waals surface area contributed by atoms with Crippen LogP contribution >= 0.6 is 23.2 Å². The molecule has 16 heavy (non-hydrogen) atoms. The number of hydrogen-bond donors (Lipinski definition) is 0. The number of benzene rings is 1. The molecule has 0 saturated heterocycles. The van der Waals surface area contributed by atoms with Gasteiger partial charge in [-0.1, -0.05) is 23.2 Å². The van der Waals surface area contributed by atoms with Crippen molar-refractivity contribution >= 4 is 40.4 Å². The van der Waals surface area contributed by atoms with Gasteiger partial charge in [0, 0.05) is 16.3 Å². The van der Waals surface area contributed by atoms with Gasteiger partial charge in [0.1, 0.15) is 11.0 Å². The lowest BCUT2D eigenvalue weighted by Gasteiger charge is -2.12. The van der Waals surface area contributed by atoms with E-state index >= 15 is 0 Å². The fourth-order valence-corrected chi connectivity index (χ4v) is 1.99. The highest BCUT2D eigenvalue weighted by atomic mass is 35.5. The van der Waals surface area contributed by atoms with Gasteiger partial charge in [0.05, 0.1) is 4.75 Å². The predicted octanol–water partition coefficient (Wildman–Crippen LogP) is 3.87. The first-order chi connectivity index (χ1) is 7.29. The zero-order valence-corrected chi connectivity index (χ0v) is 11.7. The fourth-order valence-electron chi connectivity index (χ4n) is 0.917. The van der Waals surface area contributed by atoms with Crippen molar-refractivity contribution in [3.05, 3.63) is 33.8 Å². The van der Waals surface area contributed by atoms with E-state index in [-0.39, 0.29) is 4.75 Å². The maximum Gasteiger partial charge on any atom is 0.144 e. The van der Waals surface area contributed by atoms with E-state index in [1.807, 2.05) is 20.8 Å². The van der Waals surface area contributed by atoms with Gasteiger partial charge in [-0.15, -0.1) is 0 Å². The molecule has 1 aromatic carbocycles. The first-order valence-electron chi connectivity index (χ1n) is 4.71. The fraction of sp³-hybridized carbons (Fsp3) is 0.364. The minimum atomic E-state index is -1.27. The quantitative estimate of drug-likeness (QED) is 0.755. The number of hydrogen-bond acceptors (Lipinski definition) is 1. The van der Waals surface area contributed by atoms with E-state index < -0.39 is 11.0 Å². The summed E-state index contributed by atoms with van der Waals surface area (Å²) < 4.78 is 15.3. The lowest BCUT2D eigenvalue weighted by atomic mass is 10.2. The average molecular weight is 278 g/mol. The summed E-state index contributed by atoms with van der Waals surface area (Å²) in [5.74, 6) is 0. The molecule has 88 valence electrons. The molecule has 0 spiro atoms. The third-order valence-corrected chi connectivity index (χ3v) is 3.49. The van der Waals surface area contributed by atoms with E-state index in [0.717, 1.165) is 5.56 Å².